The van der Waals surface area contributed by atoms with Crippen molar-refractivity contribution in [2.45, 2.75) is 26.8 Å². The predicted octanol–water partition coefficient (Wildman–Crippen LogP) is 2.46. The number of benzene rings is 1. The Hall–Kier alpha value is -2.41. The summed E-state index contributed by atoms with van der Waals surface area (Å²) < 4.78 is 19.2. The molecule has 0 saturated heterocycles. The lowest BCUT2D eigenvalue weighted by Gasteiger charge is -2.18. The molecule has 6 nitrogen and oxygen atoms in total. The zero-order valence-electron chi connectivity index (χ0n) is 13.7. The van der Waals surface area contributed by atoms with Crippen molar-refractivity contribution in [3.63, 3.8) is 0 Å². The first-order valence-electron chi connectivity index (χ1n) is 7.31. The van der Waals surface area contributed by atoms with E-state index in [1.807, 2.05) is 6.92 Å². The number of H-pyrrole nitrogens is 1. The number of carbonyl (C=O) groups is 1. The number of aromatic nitrogens is 2. The molecule has 1 aromatic heterocycles. The Morgan fingerprint density at radius 2 is 2.17 bits per heavy atom. The van der Waals surface area contributed by atoms with Gasteiger partial charge in [0, 0.05) is 11.6 Å². The first kappa shape index (κ1) is 17.0. The maximum Gasteiger partial charge on any atom is 0.238 e. The normalized spacial score (nSPS) is 12.0. The number of anilines is 1. The van der Waals surface area contributed by atoms with Crippen LogP contribution >= 0.6 is 0 Å². The van der Waals surface area contributed by atoms with Crippen molar-refractivity contribution in [1.82, 2.24) is 15.5 Å². The fraction of sp³-hybridized carbons (Fsp3) is 0.375. The van der Waals surface area contributed by atoms with Crippen molar-refractivity contribution in [3.05, 3.63) is 41.0 Å². The van der Waals surface area contributed by atoms with Crippen LogP contribution in [0.1, 0.15) is 29.9 Å². The molecule has 1 amide bonds. The van der Waals surface area contributed by atoms with Gasteiger partial charge < -0.3 is 15.4 Å². The van der Waals surface area contributed by atoms with Crippen LogP contribution in [-0.4, -0.2) is 29.8 Å². The van der Waals surface area contributed by atoms with Crippen LogP contribution in [0.15, 0.2) is 18.2 Å². The molecule has 124 valence electrons. The molecule has 23 heavy (non-hydrogen) atoms. The van der Waals surface area contributed by atoms with Crippen molar-refractivity contribution in [1.29, 1.82) is 0 Å². The molecule has 3 N–H and O–H groups in total. The molecule has 0 fully saturated rings. The first-order chi connectivity index (χ1) is 10.9. The molecule has 1 atom stereocenters. The van der Waals surface area contributed by atoms with Gasteiger partial charge in [-0.25, -0.2) is 4.39 Å². The number of nitrogens with one attached hydrogen (secondary N) is 3. The zero-order chi connectivity index (χ0) is 17.0. The van der Waals surface area contributed by atoms with Gasteiger partial charge in [-0.2, -0.15) is 5.10 Å². The number of carbonyl (C=O) groups excluding carboxylic acids is 1. The quantitative estimate of drug-likeness (QED) is 0.764. The van der Waals surface area contributed by atoms with Gasteiger partial charge in [0.1, 0.15) is 11.6 Å². The van der Waals surface area contributed by atoms with Gasteiger partial charge >= 0.3 is 0 Å². The predicted molar refractivity (Wildman–Crippen MR) is 86.1 cm³/mol. The van der Waals surface area contributed by atoms with Crippen molar-refractivity contribution >= 4 is 11.6 Å². The SMILES string of the molecule is COc1cccc(F)c1[C@@H](C)NCC(=O)Nc1c(C)n[nH]c1C. The topological polar surface area (TPSA) is 79.0 Å². The van der Waals surface area contributed by atoms with Crippen LogP contribution in [0, 0.1) is 19.7 Å². The van der Waals surface area contributed by atoms with Crippen LogP contribution < -0.4 is 15.4 Å². The summed E-state index contributed by atoms with van der Waals surface area (Å²) in [6, 6.07) is 4.27. The van der Waals surface area contributed by atoms with Crippen molar-refractivity contribution < 1.29 is 13.9 Å². The fourth-order valence-electron chi connectivity index (χ4n) is 2.38. The largest absolute Gasteiger partial charge is 0.496 e. The smallest absolute Gasteiger partial charge is 0.238 e. The third kappa shape index (κ3) is 3.87. The number of aryl methyl sites for hydroxylation is 2. The molecule has 0 saturated carbocycles. The highest BCUT2D eigenvalue weighted by Gasteiger charge is 2.17. The minimum atomic E-state index is -0.372. The number of aromatic amines is 1. The summed E-state index contributed by atoms with van der Waals surface area (Å²) in [7, 11) is 1.49. The van der Waals surface area contributed by atoms with E-state index >= 15 is 0 Å². The molecule has 0 aliphatic carbocycles. The summed E-state index contributed by atoms with van der Waals surface area (Å²) in [4.78, 5) is 12.0. The molecule has 7 heteroatoms. The number of halogens is 1. The van der Waals surface area contributed by atoms with Gasteiger partial charge in [0.05, 0.1) is 30.7 Å². The molecule has 0 bridgehead atoms. The second-order valence-electron chi connectivity index (χ2n) is 5.32. The summed E-state index contributed by atoms with van der Waals surface area (Å²) in [6.07, 6.45) is 0. The Labute approximate surface area is 134 Å². The van der Waals surface area contributed by atoms with Crippen LogP contribution in [0.4, 0.5) is 10.1 Å². The maximum absolute atomic E-state index is 14.0. The minimum absolute atomic E-state index is 0.0444. The highest BCUT2D eigenvalue weighted by Crippen LogP contribution is 2.27. The van der Waals surface area contributed by atoms with E-state index in [-0.39, 0.29) is 24.3 Å². The first-order valence-corrected chi connectivity index (χ1v) is 7.31. The van der Waals surface area contributed by atoms with E-state index in [4.69, 9.17) is 4.74 Å². The second kappa shape index (κ2) is 7.23. The molecule has 0 aliphatic heterocycles. The molecule has 1 heterocycles. The van der Waals surface area contributed by atoms with Crippen molar-refractivity contribution in [2.75, 3.05) is 19.0 Å². The van der Waals surface area contributed by atoms with Gasteiger partial charge in [0.2, 0.25) is 5.91 Å². The zero-order valence-corrected chi connectivity index (χ0v) is 13.7. The van der Waals surface area contributed by atoms with Gasteiger partial charge in [-0.05, 0) is 32.9 Å². The Balaban J connectivity index is 1.99. The third-order valence-corrected chi connectivity index (χ3v) is 3.63. The van der Waals surface area contributed by atoms with E-state index in [9.17, 15) is 9.18 Å². The van der Waals surface area contributed by atoms with Crippen molar-refractivity contribution in [3.8, 4) is 5.75 Å². The molecule has 0 spiro atoms. The van der Waals surface area contributed by atoms with E-state index in [0.717, 1.165) is 11.4 Å². The molecular weight excluding hydrogens is 299 g/mol. The van der Waals surface area contributed by atoms with Crippen LogP contribution in [0.5, 0.6) is 5.75 Å². The summed E-state index contributed by atoms with van der Waals surface area (Å²) in [5.41, 5.74) is 2.59. The van der Waals surface area contributed by atoms with Gasteiger partial charge in [-0.15, -0.1) is 0 Å². The molecule has 1 aromatic carbocycles. The molecule has 0 unspecified atom stereocenters. The van der Waals surface area contributed by atoms with Gasteiger partial charge in [0.25, 0.3) is 0 Å². The number of ether oxygens (including phenoxy) is 1. The van der Waals surface area contributed by atoms with Crippen molar-refractivity contribution in [2.24, 2.45) is 0 Å². The number of methoxy groups -OCH3 is 1. The van der Waals surface area contributed by atoms with E-state index in [1.54, 1.807) is 26.0 Å². The Morgan fingerprint density at radius 3 is 2.78 bits per heavy atom. The average Bonchev–Trinajstić information content (AvgIpc) is 2.84. The number of hydrogen-bond donors (Lipinski definition) is 3. The Bertz CT molecular complexity index is 680. The van der Waals surface area contributed by atoms with E-state index in [1.165, 1.54) is 13.2 Å². The average molecular weight is 320 g/mol. The third-order valence-electron chi connectivity index (χ3n) is 3.63. The Kier molecular flexibility index (Phi) is 5.33. The maximum atomic E-state index is 14.0. The van der Waals surface area contributed by atoms with Crippen LogP contribution in [0.2, 0.25) is 0 Å². The van der Waals surface area contributed by atoms with Crippen LogP contribution in [0.25, 0.3) is 0 Å². The van der Waals surface area contributed by atoms with Gasteiger partial charge in [-0.1, -0.05) is 6.07 Å². The lowest BCUT2D eigenvalue weighted by Crippen LogP contribution is -2.31. The van der Waals surface area contributed by atoms with E-state index < -0.39 is 0 Å². The monoisotopic (exact) mass is 320 g/mol. The molecule has 0 radical (unpaired) electrons. The summed E-state index contributed by atoms with van der Waals surface area (Å²) in [5.74, 6) is -0.141. The number of nitrogens with zero attached hydrogens (tertiary/aromatic N) is 1. The fourth-order valence-corrected chi connectivity index (χ4v) is 2.38. The summed E-state index contributed by atoms with van der Waals surface area (Å²) in [6.45, 7) is 5.46. The molecule has 2 aromatic rings. The molecule has 2 rings (SSSR count). The minimum Gasteiger partial charge on any atom is -0.496 e. The van der Waals surface area contributed by atoms with Gasteiger partial charge in [-0.3, -0.25) is 9.89 Å². The highest BCUT2D eigenvalue weighted by atomic mass is 19.1. The van der Waals surface area contributed by atoms with E-state index in [2.05, 4.69) is 20.8 Å². The second-order valence-corrected chi connectivity index (χ2v) is 5.32. The number of amides is 1. The van der Waals surface area contributed by atoms with Crippen LogP contribution in [-0.2, 0) is 4.79 Å². The summed E-state index contributed by atoms with van der Waals surface area (Å²) >= 11 is 0. The lowest BCUT2D eigenvalue weighted by molar-refractivity contribution is -0.115. The number of rotatable bonds is 6. The molecule has 0 aliphatic rings. The highest BCUT2D eigenvalue weighted by molar-refractivity contribution is 5.93. The van der Waals surface area contributed by atoms with Crippen LogP contribution in [0.3, 0.4) is 0 Å². The lowest BCUT2D eigenvalue weighted by atomic mass is 10.1. The number of hydrogen-bond acceptors (Lipinski definition) is 4. The summed E-state index contributed by atoms with van der Waals surface area (Å²) in [5, 5.41) is 12.6. The molecular formula is C16H21FN4O2. The Morgan fingerprint density at radius 1 is 1.43 bits per heavy atom. The van der Waals surface area contributed by atoms with Gasteiger partial charge in [0.15, 0.2) is 0 Å². The van der Waals surface area contributed by atoms with E-state index in [0.29, 0.717) is 17.0 Å². The standard InChI is InChI=1S/C16H21FN4O2/c1-9(15-12(17)6-5-7-13(15)23-4)18-8-14(22)19-16-10(2)20-21-11(16)3/h5-7,9,18H,8H2,1-4H3,(H,19,22)(H,20,21)/t9-/m1/s1.